The minimum atomic E-state index is -0.485. The summed E-state index contributed by atoms with van der Waals surface area (Å²) in [6, 6.07) is 6.64. The van der Waals surface area contributed by atoms with Crippen LogP contribution in [0.3, 0.4) is 0 Å². The maximum Gasteiger partial charge on any atom is 0.256 e. The second-order valence-corrected chi connectivity index (χ2v) is 9.41. The van der Waals surface area contributed by atoms with Gasteiger partial charge in [0.05, 0.1) is 11.3 Å². The van der Waals surface area contributed by atoms with Crippen LogP contribution in [0.1, 0.15) is 46.6 Å². The SMILES string of the molecule is Cc1ccc(F)c(C(=O)N2CC(c3cc(C)nc4ncnn34)CC(C)(P)C2)c1. The minimum absolute atomic E-state index is 0.0407. The summed E-state index contributed by atoms with van der Waals surface area (Å²) in [6.07, 6.45) is 2.34. The van der Waals surface area contributed by atoms with E-state index >= 15 is 0 Å². The number of aryl methyl sites for hydroxylation is 2. The van der Waals surface area contributed by atoms with Crippen LogP contribution in [0.4, 0.5) is 4.39 Å². The van der Waals surface area contributed by atoms with E-state index in [1.54, 1.807) is 21.5 Å². The van der Waals surface area contributed by atoms with E-state index in [2.05, 4.69) is 31.2 Å². The fourth-order valence-corrected chi connectivity index (χ4v) is 4.54. The number of aromatic nitrogens is 4. The van der Waals surface area contributed by atoms with Crippen molar-refractivity contribution in [3.05, 3.63) is 58.9 Å². The highest BCUT2D eigenvalue weighted by Crippen LogP contribution is 2.38. The molecule has 3 heterocycles. The molecular formula is C20H23FN5OP. The number of carbonyl (C=O) groups is 1. The van der Waals surface area contributed by atoms with E-state index in [9.17, 15) is 9.18 Å². The molecule has 1 fully saturated rings. The molecule has 3 aromatic rings. The number of likely N-dealkylation sites (tertiary alicyclic amines) is 1. The topological polar surface area (TPSA) is 63.4 Å². The van der Waals surface area contributed by atoms with Crippen LogP contribution in [0.5, 0.6) is 0 Å². The molecule has 1 aromatic carbocycles. The highest BCUT2D eigenvalue weighted by Gasteiger charge is 2.37. The molecule has 3 unspecified atom stereocenters. The zero-order valence-electron chi connectivity index (χ0n) is 16.2. The van der Waals surface area contributed by atoms with Crippen LogP contribution in [0.2, 0.25) is 0 Å². The summed E-state index contributed by atoms with van der Waals surface area (Å²) in [7, 11) is 2.86. The highest BCUT2D eigenvalue weighted by atomic mass is 31.0. The number of fused-ring (bicyclic) bond motifs is 1. The van der Waals surface area contributed by atoms with Gasteiger partial charge in [-0.05, 0) is 38.5 Å². The molecule has 6 nitrogen and oxygen atoms in total. The molecule has 1 saturated heterocycles. The molecule has 0 bridgehead atoms. The molecule has 2 aromatic heterocycles. The number of benzene rings is 1. The van der Waals surface area contributed by atoms with Gasteiger partial charge < -0.3 is 4.90 Å². The lowest BCUT2D eigenvalue weighted by atomic mass is 9.86. The molecule has 0 saturated carbocycles. The molecule has 0 radical (unpaired) electrons. The lowest BCUT2D eigenvalue weighted by Crippen LogP contribution is -2.49. The van der Waals surface area contributed by atoms with Crippen molar-refractivity contribution in [2.75, 3.05) is 13.1 Å². The third kappa shape index (κ3) is 3.51. The number of halogens is 1. The van der Waals surface area contributed by atoms with Gasteiger partial charge in [-0.25, -0.2) is 13.9 Å². The van der Waals surface area contributed by atoms with Crippen molar-refractivity contribution in [2.24, 2.45) is 0 Å². The van der Waals surface area contributed by atoms with Gasteiger partial charge in [0.2, 0.25) is 0 Å². The first-order valence-corrected chi connectivity index (χ1v) is 9.83. The zero-order chi connectivity index (χ0) is 20.1. The molecule has 4 rings (SSSR count). The summed E-state index contributed by atoms with van der Waals surface area (Å²) >= 11 is 0. The van der Waals surface area contributed by atoms with Crippen molar-refractivity contribution < 1.29 is 9.18 Å². The Morgan fingerprint density at radius 2 is 2.11 bits per heavy atom. The summed E-state index contributed by atoms with van der Waals surface area (Å²) in [5.74, 6) is -0.172. The summed E-state index contributed by atoms with van der Waals surface area (Å²) in [6.45, 7) is 6.92. The summed E-state index contributed by atoms with van der Waals surface area (Å²) in [5.41, 5.74) is 2.81. The van der Waals surface area contributed by atoms with Gasteiger partial charge in [-0.1, -0.05) is 18.6 Å². The average Bonchev–Trinajstić information content (AvgIpc) is 3.09. The molecule has 0 N–H and O–H groups in total. The molecule has 1 amide bonds. The Morgan fingerprint density at radius 1 is 1.32 bits per heavy atom. The number of hydrogen-bond donors (Lipinski definition) is 0. The average molecular weight is 399 g/mol. The van der Waals surface area contributed by atoms with Crippen molar-refractivity contribution >= 4 is 20.9 Å². The van der Waals surface area contributed by atoms with E-state index in [4.69, 9.17) is 0 Å². The molecule has 1 aliphatic heterocycles. The summed E-state index contributed by atoms with van der Waals surface area (Å²) in [5, 5.41) is 4.12. The minimum Gasteiger partial charge on any atom is -0.337 e. The second kappa shape index (κ2) is 6.89. The van der Waals surface area contributed by atoms with E-state index in [-0.39, 0.29) is 22.5 Å². The quantitative estimate of drug-likeness (QED) is 0.621. The second-order valence-electron chi connectivity index (χ2n) is 8.02. The van der Waals surface area contributed by atoms with Gasteiger partial charge in [-0.3, -0.25) is 4.79 Å². The maximum absolute atomic E-state index is 14.3. The van der Waals surface area contributed by atoms with Gasteiger partial charge in [-0.15, -0.1) is 9.24 Å². The largest absolute Gasteiger partial charge is 0.337 e. The van der Waals surface area contributed by atoms with Crippen LogP contribution in [0.15, 0.2) is 30.6 Å². The monoisotopic (exact) mass is 399 g/mol. The third-order valence-corrected chi connectivity index (χ3v) is 5.59. The molecule has 1 aliphatic rings. The number of rotatable bonds is 2. The van der Waals surface area contributed by atoms with E-state index in [0.29, 0.717) is 18.9 Å². The number of carbonyl (C=O) groups excluding carboxylic acids is 1. The molecule has 3 atom stereocenters. The first kappa shape index (κ1) is 18.9. The molecular weight excluding hydrogens is 376 g/mol. The Hall–Kier alpha value is -2.40. The van der Waals surface area contributed by atoms with Gasteiger partial charge in [0.25, 0.3) is 11.7 Å². The van der Waals surface area contributed by atoms with Gasteiger partial charge in [-0.2, -0.15) is 10.1 Å². The van der Waals surface area contributed by atoms with Crippen molar-refractivity contribution in [3.8, 4) is 0 Å². The normalized spacial score (nSPS) is 22.6. The van der Waals surface area contributed by atoms with E-state index < -0.39 is 5.82 Å². The number of nitrogens with zero attached hydrogens (tertiary/aromatic N) is 5. The van der Waals surface area contributed by atoms with Gasteiger partial charge in [0.1, 0.15) is 12.1 Å². The lowest BCUT2D eigenvalue weighted by Gasteiger charge is -2.42. The van der Waals surface area contributed by atoms with Crippen LogP contribution < -0.4 is 0 Å². The first-order valence-electron chi connectivity index (χ1n) is 9.25. The van der Waals surface area contributed by atoms with Crippen LogP contribution in [0, 0.1) is 19.7 Å². The maximum atomic E-state index is 14.3. The summed E-state index contributed by atoms with van der Waals surface area (Å²) < 4.78 is 16.1. The first-order chi connectivity index (χ1) is 13.2. The molecule has 146 valence electrons. The van der Waals surface area contributed by atoms with Crippen molar-refractivity contribution in [1.29, 1.82) is 0 Å². The lowest BCUT2D eigenvalue weighted by molar-refractivity contribution is 0.0671. The predicted molar refractivity (Wildman–Crippen MR) is 108 cm³/mol. The Morgan fingerprint density at radius 3 is 2.89 bits per heavy atom. The highest BCUT2D eigenvalue weighted by molar-refractivity contribution is 7.19. The van der Waals surface area contributed by atoms with Crippen LogP contribution in [-0.2, 0) is 0 Å². The summed E-state index contributed by atoms with van der Waals surface area (Å²) in [4.78, 5) is 23.5. The van der Waals surface area contributed by atoms with Gasteiger partial charge in [0, 0.05) is 29.9 Å². The molecule has 28 heavy (non-hydrogen) atoms. The smallest absolute Gasteiger partial charge is 0.256 e. The standard InChI is InChI=1S/C20H23FN5OP/c1-12-4-5-16(21)15(6-12)18(27)25-9-14(8-20(3,28)10-25)17-7-13(2)24-19-22-11-23-26(17)19/h4-7,11,14H,8-10,28H2,1-3H3. The zero-order valence-corrected chi connectivity index (χ0v) is 17.3. The fourth-order valence-electron chi connectivity index (χ4n) is 4.03. The molecule has 0 spiro atoms. The molecule has 8 heteroatoms. The van der Waals surface area contributed by atoms with Gasteiger partial charge >= 0.3 is 0 Å². The number of amides is 1. The Bertz CT molecular complexity index is 1060. The Kier molecular flexibility index (Phi) is 4.66. The Balaban J connectivity index is 1.72. The van der Waals surface area contributed by atoms with E-state index in [1.165, 1.54) is 12.4 Å². The van der Waals surface area contributed by atoms with Crippen LogP contribution >= 0.6 is 9.24 Å². The van der Waals surface area contributed by atoms with Crippen LogP contribution in [0.25, 0.3) is 5.78 Å². The van der Waals surface area contributed by atoms with Crippen molar-refractivity contribution in [3.63, 3.8) is 0 Å². The number of piperidine rings is 1. The Labute approximate surface area is 165 Å². The molecule has 0 aliphatic carbocycles. The fraction of sp³-hybridized carbons (Fsp3) is 0.400. The van der Waals surface area contributed by atoms with E-state index in [1.807, 2.05) is 19.9 Å². The van der Waals surface area contributed by atoms with Crippen molar-refractivity contribution in [1.82, 2.24) is 24.5 Å². The van der Waals surface area contributed by atoms with Crippen LogP contribution in [-0.4, -0.2) is 48.6 Å². The third-order valence-electron chi connectivity index (χ3n) is 5.17. The van der Waals surface area contributed by atoms with Crippen molar-refractivity contribution in [2.45, 2.75) is 38.3 Å². The number of hydrogen-bond acceptors (Lipinski definition) is 4. The van der Waals surface area contributed by atoms with E-state index in [0.717, 1.165) is 23.4 Å². The predicted octanol–water partition coefficient (Wildman–Crippen LogP) is 3.14. The van der Waals surface area contributed by atoms with Gasteiger partial charge in [0.15, 0.2) is 0 Å².